The van der Waals surface area contributed by atoms with Gasteiger partial charge in [-0.2, -0.15) is 0 Å². The van der Waals surface area contributed by atoms with Gasteiger partial charge in [-0.3, -0.25) is 4.79 Å². The maximum Gasteiger partial charge on any atom is 0.306 e. The van der Waals surface area contributed by atoms with Crippen molar-refractivity contribution in [2.75, 3.05) is 0 Å². The van der Waals surface area contributed by atoms with Crippen molar-refractivity contribution < 1.29 is 19.4 Å². The number of halogens is 2. The summed E-state index contributed by atoms with van der Waals surface area (Å²) in [5, 5.41) is 18.1. The molecule has 0 spiro atoms. The van der Waals surface area contributed by atoms with E-state index in [4.69, 9.17) is 5.11 Å². The van der Waals surface area contributed by atoms with E-state index in [9.17, 15) is 14.3 Å². The zero-order chi connectivity index (χ0) is 11.6. The van der Waals surface area contributed by atoms with Crippen LogP contribution in [0, 0.1) is 11.7 Å². The molecule has 0 fully saturated rings. The van der Waals surface area contributed by atoms with Crippen LogP contribution in [0.5, 0.6) is 5.75 Å². The highest BCUT2D eigenvalue weighted by Gasteiger charge is 2.15. The highest BCUT2D eigenvalue weighted by atomic mass is 79.9. The molecule has 82 valence electrons. The molecule has 0 aliphatic rings. The van der Waals surface area contributed by atoms with Gasteiger partial charge >= 0.3 is 5.97 Å². The lowest BCUT2D eigenvalue weighted by molar-refractivity contribution is -0.141. The van der Waals surface area contributed by atoms with E-state index in [1.165, 1.54) is 13.0 Å². The van der Waals surface area contributed by atoms with Crippen LogP contribution in [0.4, 0.5) is 4.39 Å². The highest BCUT2D eigenvalue weighted by Crippen LogP contribution is 2.27. The molecule has 0 radical (unpaired) electrons. The largest absolute Gasteiger partial charge is 0.508 e. The van der Waals surface area contributed by atoms with E-state index in [2.05, 4.69) is 15.9 Å². The van der Waals surface area contributed by atoms with Crippen LogP contribution in [0.3, 0.4) is 0 Å². The fourth-order valence-corrected chi connectivity index (χ4v) is 1.55. The summed E-state index contributed by atoms with van der Waals surface area (Å²) >= 11 is 2.97. The maximum atomic E-state index is 12.9. The highest BCUT2D eigenvalue weighted by molar-refractivity contribution is 9.10. The number of aliphatic carboxylic acids is 1. The molecular formula is C10H10BrFO3. The van der Waals surface area contributed by atoms with Crippen LogP contribution in [0.2, 0.25) is 0 Å². The third-order valence-corrected chi connectivity index (χ3v) is 2.68. The van der Waals surface area contributed by atoms with E-state index < -0.39 is 17.7 Å². The molecule has 1 aromatic rings. The first kappa shape index (κ1) is 12.0. The Bertz CT molecular complexity index is 392. The second-order valence-corrected chi connectivity index (χ2v) is 4.19. The smallest absolute Gasteiger partial charge is 0.306 e. The summed E-state index contributed by atoms with van der Waals surface area (Å²) in [6.07, 6.45) is 0.167. The number of phenolic OH excluding ortho intramolecular Hbond substituents is 1. The summed E-state index contributed by atoms with van der Waals surface area (Å²) in [6.45, 7) is 1.53. The number of benzene rings is 1. The summed E-state index contributed by atoms with van der Waals surface area (Å²) in [5.74, 6) is -2.36. The van der Waals surface area contributed by atoms with Crippen molar-refractivity contribution in [2.24, 2.45) is 5.92 Å². The van der Waals surface area contributed by atoms with E-state index in [-0.39, 0.29) is 16.6 Å². The molecule has 0 amide bonds. The minimum Gasteiger partial charge on any atom is -0.508 e. The molecule has 0 aliphatic carbocycles. The zero-order valence-electron chi connectivity index (χ0n) is 8.00. The Hall–Kier alpha value is -1.10. The minimum atomic E-state index is -0.949. The molecule has 15 heavy (non-hydrogen) atoms. The molecule has 1 aromatic carbocycles. The first-order valence-corrected chi connectivity index (χ1v) is 5.10. The zero-order valence-corrected chi connectivity index (χ0v) is 9.58. The third kappa shape index (κ3) is 2.92. The number of aromatic hydroxyl groups is 1. The first-order chi connectivity index (χ1) is 6.91. The summed E-state index contributed by atoms with van der Waals surface area (Å²) < 4.78 is 13.1. The fraction of sp³-hybridized carbons (Fsp3) is 0.300. The average Bonchev–Trinajstić information content (AvgIpc) is 2.13. The molecule has 0 saturated heterocycles. The second-order valence-electron chi connectivity index (χ2n) is 3.34. The average molecular weight is 277 g/mol. The normalized spacial score (nSPS) is 12.5. The van der Waals surface area contributed by atoms with Gasteiger partial charge in [0.05, 0.1) is 10.4 Å². The predicted octanol–water partition coefficient (Wildman–Crippen LogP) is 2.56. The van der Waals surface area contributed by atoms with Gasteiger partial charge in [0.1, 0.15) is 11.6 Å². The number of hydrogen-bond donors (Lipinski definition) is 2. The Balaban J connectivity index is 2.95. The van der Waals surface area contributed by atoms with Crippen molar-refractivity contribution in [1.29, 1.82) is 0 Å². The summed E-state index contributed by atoms with van der Waals surface area (Å²) in [7, 11) is 0. The van der Waals surface area contributed by atoms with Crippen molar-refractivity contribution in [3.8, 4) is 5.75 Å². The second kappa shape index (κ2) is 4.61. The summed E-state index contributed by atoms with van der Waals surface area (Å²) in [6, 6.07) is 2.36. The van der Waals surface area contributed by atoms with Crippen LogP contribution < -0.4 is 0 Å². The standard InChI is InChI=1S/C10H10BrFO3/c1-5(10(14)15)2-6-3-7(11)8(12)4-9(6)13/h3-5,13H,2H2,1H3,(H,14,15). The van der Waals surface area contributed by atoms with Gasteiger partial charge in [-0.05, 0) is 34.0 Å². The lowest BCUT2D eigenvalue weighted by atomic mass is 10.0. The number of hydrogen-bond acceptors (Lipinski definition) is 2. The Morgan fingerprint density at radius 3 is 2.73 bits per heavy atom. The molecule has 0 heterocycles. The van der Waals surface area contributed by atoms with Crippen LogP contribution in [-0.4, -0.2) is 16.2 Å². The van der Waals surface area contributed by atoms with Gasteiger partial charge in [-0.25, -0.2) is 4.39 Å². The number of rotatable bonds is 3. The Morgan fingerprint density at radius 2 is 2.20 bits per heavy atom. The summed E-state index contributed by atoms with van der Waals surface area (Å²) in [4.78, 5) is 10.6. The SMILES string of the molecule is CC(Cc1cc(Br)c(F)cc1O)C(=O)O. The van der Waals surface area contributed by atoms with Crippen molar-refractivity contribution in [3.63, 3.8) is 0 Å². The molecule has 1 unspecified atom stereocenters. The molecule has 5 heteroatoms. The quantitative estimate of drug-likeness (QED) is 0.892. The van der Waals surface area contributed by atoms with E-state index in [0.29, 0.717) is 5.56 Å². The molecule has 2 N–H and O–H groups in total. The molecule has 0 saturated carbocycles. The van der Waals surface area contributed by atoms with E-state index in [0.717, 1.165) is 6.07 Å². The number of phenols is 1. The molecule has 3 nitrogen and oxygen atoms in total. The molecule has 1 rings (SSSR count). The lowest BCUT2D eigenvalue weighted by Crippen LogP contribution is -2.12. The number of carboxylic acid groups (broad SMARTS) is 1. The molecule has 0 aromatic heterocycles. The molecule has 1 atom stereocenters. The number of carbonyl (C=O) groups is 1. The van der Waals surface area contributed by atoms with Crippen LogP contribution in [0.1, 0.15) is 12.5 Å². The van der Waals surface area contributed by atoms with Crippen LogP contribution >= 0.6 is 15.9 Å². The Kier molecular flexibility index (Phi) is 3.68. The van der Waals surface area contributed by atoms with Crippen LogP contribution in [-0.2, 0) is 11.2 Å². The topological polar surface area (TPSA) is 57.5 Å². The van der Waals surface area contributed by atoms with Gasteiger partial charge in [-0.1, -0.05) is 6.92 Å². The fourth-order valence-electron chi connectivity index (χ4n) is 1.16. The van der Waals surface area contributed by atoms with Gasteiger partial charge in [0.25, 0.3) is 0 Å². The van der Waals surface area contributed by atoms with E-state index in [1.807, 2.05) is 0 Å². The van der Waals surface area contributed by atoms with Crippen molar-refractivity contribution in [2.45, 2.75) is 13.3 Å². The number of carboxylic acids is 1. The van der Waals surface area contributed by atoms with Gasteiger partial charge in [0, 0.05) is 6.07 Å². The Morgan fingerprint density at radius 1 is 1.60 bits per heavy atom. The van der Waals surface area contributed by atoms with Crippen LogP contribution in [0.15, 0.2) is 16.6 Å². The van der Waals surface area contributed by atoms with Crippen molar-refractivity contribution >= 4 is 21.9 Å². The van der Waals surface area contributed by atoms with Gasteiger partial charge in [-0.15, -0.1) is 0 Å². The lowest BCUT2D eigenvalue weighted by Gasteiger charge is -2.09. The van der Waals surface area contributed by atoms with Gasteiger partial charge < -0.3 is 10.2 Å². The van der Waals surface area contributed by atoms with Crippen molar-refractivity contribution in [3.05, 3.63) is 28.0 Å². The molecular weight excluding hydrogens is 267 g/mol. The van der Waals surface area contributed by atoms with Crippen molar-refractivity contribution in [1.82, 2.24) is 0 Å². The van der Waals surface area contributed by atoms with E-state index >= 15 is 0 Å². The van der Waals surface area contributed by atoms with Gasteiger partial charge in [0.15, 0.2) is 0 Å². The maximum absolute atomic E-state index is 12.9. The Labute approximate surface area is 94.7 Å². The summed E-state index contributed by atoms with van der Waals surface area (Å²) in [5.41, 5.74) is 0.415. The third-order valence-electron chi connectivity index (χ3n) is 2.07. The molecule has 0 aliphatic heterocycles. The monoisotopic (exact) mass is 276 g/mol. The first-order valence-electron chi connectivity index (χ1n) is 4.31. The minimum absolute atomic E-state index is 0.167. The van der Waals surface area contributed by atoms with Crippen LogP contribution in [0.25, 0.3) is 0 Å². The predicted molar refractivity (Wildman–Crippen MR) is 56.3 cm³/mol. The van der Waals surface area contributed by atoms with Gasteiger partial charge in [0.2, 0.25) is 0 Å². The van der Waals surface area contributed by atoms with E-state index in [1.54, 1.807) is 0 Å². The molecule has 0 bridgehead atoms.